The zero-order valence-corrected chi connectivity index (χ0v) is 14.1. The molecule has 0 aliphatic carbocycles. The molecule has 112 valence electrons. The van der Waals surface area contributed by atoms with E-state index in [2.05, 4.69) is 5.32 Å². The van der Waals surface area contributed by atoms with Gasteiger partial charge < -0.3 is 11.1 Å². The summed E-state index contributed by atoms with van der Waals surface area (Å²) in [5.74, 6) is -0.419. The number of rotatable bonds is 4. The summed E-state index contributed by atoms with van der Waals surface area (Å²) in [7, 11) is -1.42. The number of halogens is 2. The van der Waals surface area contributed by atoms with E-state index in [4.69, 9.17) is 28.9 Å². The number of amides is 1. The molecule has 0 saturated heterocycles. The molecule has 1 heterocycles. The van der Waals surface area contributed by atoms with Crippen molar-refractivity contribution in [1.29, 1.82) is 0 Å². The molecule has 2 unspecified atom stereocenters. The third kappa shape index (κ3) is 3.77. The van der Waals surface area contributed by atoms with Crippen LogP contribution in [0.3, 0.4) is 0 Å². The lowest BCUT2D eigenvalue weighted by atomic mass is 10.2. The molecule has 0 aliphatic heterocycles. The van der Waals surface area contributed by atoms with Crippen molar-refractivity contribution in [3.05, 3.63) is 39.7 Å². The smallest absolute Gasteiger partial charge is 0.240 e. The van der Waals surface area contributed by atoms with E-state index in [1.54, 1.807) is 19.1 Å². The van der Waals surface area contributed by atoms with Crippen LogP contribution in [0.5, 0.6) is 0 Å². The van der Waals surface area contributed by atoms with Crippen LogP contribution in [0.15, 0.2) is 33.9 Å². The number of hydrogen-bond acceptors (Lipinski definition) is 4. The largest absolute Gasteiger partial charge is 0.397 e. The van der Waals surface area contributed by atoms with Crippen molar-refractivity contribution in [2.45, 2.75) is 16.4 Å². The highest BCUT2D eigenvalue weighted by Gasteiger charge is 2.23. The van der Waals surface area contributed by atoms with Crippen molar-refractivity contribution in [3.63, 3.8) is 0 Å². The number of hydrogen-bond donors (Lipinski definition) is 2. The van der Waals surface area contributed by atoms with Gasteiger partial charge in [-0.1, -0.05) is 29.3 Å². The van der Waals surface area contributed by atoms with E-state index in [-0.39, 0.29) is 16.4 Å². The maximum atomic E-state index is 12.2. The lowest BCUT2D eigenvalue weighted by molar-refractivity contribution is -0.115. The van der Waals surface area contributed by atoms with Gasteiger partial charge in [0.15, 0.2) is 0 Å². The Morgan fingerprint density at radius 2 is 2.14 bits per heavy atom. The highest BCUT2D eigenvalue weighted by Crippen LogP contribution is 2.32. The first-order valence-corrected chi connectivity index (χ1v) is 8.74. The molecule has 0 fully saturated rings. The predicted molar refractivity (Wildman–Crippen MR) is 89.7 cm³/mol. The van der Waals surface area contributed by atoms with E-state index < -0.39 is 22.0 Å². The number of carbonyl (C=O) groups excluding carboxylic acids is 1. The quantitative estimate of drug-likeness (QED) is 0.813. The Bertz CT molecular complexity index is 666. The Hall–Kier alpha value is -1.08. The zero-order chi connectivity index (χ0) is 15.6. The first-order chi connectivity index (χ1) is 9.90. The molecule has 8 heteroatoms. The van der Waals surface area contributed by atoms with Crippen LogP contribution >= 0.6 is 34.5 Å². The summed E-state index contributed by atoms with van der Waals surface area (Å²) in [6.45, 7) is 1.59. The van der Waals surface area contributed by atoms with Crippen LogP contribution in [-0.2, 0) is 15.6 Å². The molecular weight excluding hydrogens is 351 g/mol. The van der Waals surface area contributed by atoms with Gasteiger partial charge in [0.1, 0.15) is 5.25 Å². The Balaban J connectivity index is 2.17. The fourth-order valence-electron chi connectivity index (χ4n) is 1.60. The fraction of sp³-hybridized carbons (Fsp3) is 0.154. The monoisotopic (exact) mass is 362 g/mol. The van der Waals surface area contributed by atoms with Crippen molar-refractivity contribution < 1.29 is 9.00 Å². The molecule has 1 aromatic carbocycles. The second kappa shape index (κ2) is 6.79. The summed E-state index contributed by atoms with van der Waals surface area (Å²) in [6.07, 6.45) is 0. The Morgan fingerprint density at radius 3 is 2.71 bits per heavy atom. The first kappa shape index (κ1) is 16.3. The first-order valence-electron chi connectivity index (χ1n) is 5.89. The molecular formula is C13H12Cl2N2O2S2. The molecule has 0 radical (unpaired) electrons. The Morgan fingerprint density at radius 1 is 1.43 bits per heavy atom. The van der Waals surface area contributed by atoms with Crippen LogP contribution in [-0.4, -0.2) is 15.4 Å². The van der Waals surface area contributed by atoms with Crippen molar-refractivity contribution >= 4 is 62.6 Å². The third-order valence-electron chi connectivity index (χ3n) is 2.72. The number of nitrogens with two attached hydrogens (primary N) is 1. The predicted octanol–water partition coefficient (Wildman–Crippen LogP) is 3.77. The summed E-state index contributed by atoms with van der Waals surface area (Å²) < 4.78 is 12.9. The summed E-state index contributed by atoms with van der Waals surface area (Å²) in [6, 6.07) is 6.49. The molecule has 3 N–H and O–H groups in total. The van der Waals surface area contributed by atoms with Crippen LogP contribution in [0.2, 0.25) is 10.0 Å². The fourth-order valence-corrected chi connectivity index (χ4v) is 4.40. The number of thiophene rings is 1. The average molecular weight is 363 g/mol. The molecule has 2 aromatic rings. The number of anilines is 2. The van der Waals surface area contributed by atoms with E-state index in [0.29, 0.717) is 9.23 Å². The van der Waals surface area contributed by atoms with Gasteiger partial charge >= 0.3 is 0 Å². The van der Waals surface area contributed by atoms with E-state index >= 15 is 0 Å². The van der Waals surface area contributed by atoms with E-state index in [9.17, 15) is 9.00 Å². The normalized spacial score (nSPS) is 13.7. The van der Waals surface area contributed by atoms with Crippen LogP contribution in [0.1, 0.15) is 6.92 Å². The number of nitrogens with one attached hydrogen (secondary N) is 1. The molecule has 1 amide bonds. The van der Waals surface area contributed by atoms with Gasteiger partial charge in [-0.25, -0.2) is 0 Å². The van der Waals surface area contributed by atoms with E-state index in [0.717, 1.165) is 0 Å². The Kier molecular flexibility index (Phi) is 5.27. The van der Waals surface area contributed by atoms with Crippen LogP contribution < -0.4 is 11.1 Å². The van der Waals surface area contributed by atoms with Crippen LogP contribution in [0.25, 0.3) is 0 Å². The molecule has 21 heavy (non-hydrogen) atoms. The standard InChI is InChI=1S/C13H12Cl2N2O2S2/c1-7(21(19)11-3-2-4-20-11)13(18)17-12-9(15)5-8(14)6-10(12)16/h2-7H,16H2,1H3,(H,17,18). The van der Waals surface area contributed by atoms with Gasteiger partial charge in [0.25, 0.3) is 0 Å². The zero-order valence-electron chi connectivity index (χ0n) is 10.9. The van der Waals surface area contributed by atoms with Crippen LogP contribution in [0.4, 0.5) is 11.4 Å². The maximum absolute atomic E-state index is 12.2. The molecule has 0 spiro atoms. The second-order valence-electron chi connectivity index (χ2n) is 4.21. The van der Waals surface area contributed by atoms with Gasteiger partial charge in [0.05, 0.1) is 31.4 Å². The third-order valence-corrected chi connectivity index (χ3v) is 6.07. The van der Waals surface area contributed by atoms with Gasteiger partial charge in [-0.3, -0.25) is 9.00 Å². The van der Waals surface area contributed by atoms with Gasteiger partial charge in [0, 0.05) is 5.02 Å². The number of nitrogen functional groups attached to an aromatic ring is 1. The lowest BCUT2D eigenvalue weighted by Crippen LogP contribution is -2.29. The minimum absolute atomic E-state index is 0.238. The topological polar surface area (TPSA) is 72.2 Å². The molecule has 2 rings (SSSR count). The van der Waals surface area contributed by atoms with E-state index in [1.807, 2.05) is 5.38 Å². The lowest BCUT2D eigenvalue weighted by Gasteiger charge is -2.14. The number of benzene rings is 1. The van der Waals surface area contributed by atoms with Crippen LogP contribution in [0, 0.1) is 0 Å². The molecule has 2 atom stereocenters. The average Bonchev–Trinajstić information content (AvgIpc) is 2.94. The minimum atomic E-state index is -1.42. The molecule has 1 aromatic heterocycles. The summed E-state index contributed by atoms with van der Waals surface area (Å²) >= 11 is 13.2. The Labute approximate surface area is 138 Å². The van der Waals surface area contributed by atoms with Gasteiger partial charge in [-0.2, -0.15) is 0 Å². The number of carbonyl (C=O) groups is 1. The maximum Gasteiger partial charge on any atom is 0.240 e. The summed E-state index contributed by atoms with van der Waals surface area (Å²) in [4.78, 5) is 12.2. The SMILES string of the molecule is CC(C(=O)Nc1c(N)cc(Cl)cc1Cl)S(=O)c1cccs1. The van der Waals surface area contributed by atoms with Gasteiger partial charge in [0.2, 0.25) is 5.91 Å². The van der Waals surface area contributed by atoms with Crippen molar-refractivity contribution in [3.8, 4) is 0 Å². The molecule has 0 saturated carbocycles. The van der Waals surface area contributed by atoms with Crippen molar-refractivity contribution in [2.75, 3.05) is 11.1 Å². The van der Waals surface area contributed by atoms with E-state index in [1.165, 1.54) is 23.5 Å². The highest BCUT2D eigenvalue weighted by molar-refractivity contribution is 7.88. The molecule has 0 aliphatic rings. The second-order valence-corrected chi connectivity index (χ2v) is 8.00. The summed E-state index contributed by atoms with van der Waals surface area (Å²) in [5, 5.41) is 4.31. The van der Waals surface area contributed by atoms with Crippen molar-refractivity contribution in [1.82, 2.24) is 0 Å². The van der Waals surface area contributed by atoms with Crippen molar-refractivity contribution in [2.24, 2.45) is 0 Å². The molecule has 4 nitrogen and oxygen atoms in total. The van der Waals surface area contributed by atoms with Gasteiger partial charge in [-0.15, -0.1) is 11.3 Å². The summed E-state index contributed by atoms with van der Waals surface area (Å²) in [5.41, 5.74) is 6.32. The highest BCUT2D eigenvalue weighted by atomic mass is 35.5. The molecule has 0 bridgehead atoms. The minimum Gasteiger partial charge on any atom is -0.397 e. The van der Waals surface area contributed by atoms with Gasteiger partial charge in [-0.05, 0) is 30.5 Å².